The Balaban J connectivity index is 2.33. The summed E-state index contributed by atoms with van der Waals surface area (Å²) in [7, 11) is -3.93. The molecule has 1 atom stereocenters. The normalized spacial score (nSPS) is 19.8. The number of hydrogen-bond acceptors (Lipinski definition) is 5. The summed E-state index contributed by atoms with van der Waals surface area (Å²) in [6.45, 7) is 6.63. The number of sulfonamides is 1. The molecule has 0 unspecified atom stereocenters. The minimum atomic E-state index is -3.93. The molecule has 6 nitrogen and oxygen atoms in total. The average molecular weight is 339 g/mol. The maximum atomic E-state index is 12.7. The van der Waals surface area contributed by atoms with E-state index in [0.29, 0.717) is 0 Å². The molecule has 1 aromatic rings. The van der Waals surface area contributed by atoms with Crippen LogP contribution in [0.25, 0.3) is 0 Å². The predicted octanol–water partition coefficient (Wildman–Crippen LogP) is 1.67. The second-order valence-electron chi connectivity index (χ2n) is 6.66. The molecule has 0 N–H and O–H groups in total. The van der Waals surface area contributed by atoms with E-state index in [-0.39, 0.29) is 23.6 Å². The Morgan fingerprint density at radius 2 is 1.78 bits per heavy atom. The van der Waals surface area contributed by atoms with E-state index in [1.807, 2.05) is 6.92 Å². The Bertz CT molecular complexity index is 716. The summed E-state index contributed by atoms with van der Waals surface area (Å²) in [6.07, 6.45) is -0.153. The third kappa shape index (κ3) is 3.97. The fourth-order valence-corrected chi connectivity index (χ4v) is 3.90. The van der Waals surface area contributed by atoms with Gasteiger partial charge in [-0.25, -0.2) is 8.42 Å². The van der Waals surface area contributed by atoms with Crippen LogP contribution in [-0.4, -0.2) is 42.7 Å². The molecule has 0 saturated carbocycles. The molecule has 1 aromatic carbocycles. The van der Waals surface area contributed by atoms with Crippen molar-refractivity contribution in [2.45, 2.75) is 50.7 Å². The zero-order valence-electron chi connectivity index (χ0n) is 13.7. The molecule has 1 aliphatic rings. The van der Waals surface area contributed by atoms with E-state index in [1.165, 1.54) is 12.1 Å². The van der Waals surface area contributed by atoms with Crippen LogP contribution in [0.4, 0.5) is 0 Å². The topological polar surface area (TPSA) is 80.8 Å². The van der Waals surface area contributed by atoms with Crippen molar-refractivity contribution in [1.29, 1.82) is 0 Å². The highest BCUT2D eigenvalue weighted by molar-refractivity contribution is 7.89. The van der Waals surface area contributed by atoms with Gasteiger partial charge in [0, 0.05) is 6.42 Å². The first-order chi connectivity index (χ1) is 10.5. The van der Waals surface area contributed by atoms with Crippen LogP contribution >= 0.6 is 0 Å². The number of Topliss-reactive ketones (excluding diaryl/α,β-unsaturated/α-hetero) is 1. The van der Waals surface area contributed by atoms with Crippen molar-refractivity contribution in [1.82, 2.24) is 4.31 Å². The Morgan fingerprint density at radius 3 is 2.30 bits per heavy atom. The summed E-state index contributed by atoms with van der Waals surface area (Å²) in [6, 6.07) is 5.19. The quantitative estimate of drug-likeness (QED) is 0.783. The minimum absolute atomic E-state index is 0.0614. The molecule has 1 aliphatic heterocycles. The number of rotatable bonds is 3. The fraction of sp³-hybridized carbons (Fsp3) is 0.500. The second kappa shape index (κ2) is 6.05. The van der Waals surface area contributed by atoms with E-state index in [4.69, 9.17) is 4.74 Å². The molecule has 0 aliphatic carbocycles. The lowest BCUT2D eigenvalue weighted by Crippen LogP contribution is -2.43. The lowest BCUT2D eigenvalue weighted by Gasteiger charge is -2.26. The van der Waals surface area contributed by atoms with Gasteiger partial charge in [-0.05, 0) is 39.8 Å². The van der Waals surface area contributed by atoms with E-state index < -0.39 is 27.6 Å². The van der Waals surface area contributed by atoms with Crippen LogP contribution in [0, 0.1) is 6.92 Å². The molecule has 1 fully saturated rings. The third-order valence-electron chi connectivity index (χ3n) is 3.41. The molecule has 2 rings (SSSR count). The SMILES string of the molecule is Cc1ccc(S(=O)(=O)N2CC(=O)C[C@H]2C(=O)OC(C)(C)C)cc1. The number of hydrogen-bond donors (Lipinski definition) is 0. The lowest BCUT2D eigenvalue weighted by molar-refractivity contribution is -0.159. The van der Waals surface area contributed by atoms with Gasteiger partial charge in [0.25, 0.3) is 0 Å². The molecule has 126 valence electrons. The van der Waals surface area contributed by atoms with E-state index in [0.717, 1.165) is 9.87 Å². The fourth-order valence-electron chi connectivity index (χ4n) is 2.33. The largest absolute Gasteiger partial charge is 0.459 e. The summed E-state index contributed by atoms with van der Waals surface area (Å²) >= 11 is 0. The van der Waals surface area contributed by atoms with Crippen molar-refractivity contribution < 1.29 is 22.7 Å². The lowest BCUT2D eigenvalue weighted by atomic mass is 10.1. The highest BCUT2D eigenvalue weighted by Crippen LogP contribution is 2.26. The van der Waals surface area contributed by atoms with Crippen LogP contribution in [0.15, 0.2) is 29.2 Å². The van der Waals surface area contributed by atoms with Gasteiger partial charge in [-0.2, -0.15) is 4.31 Å². The Kier molecular flexibility index (Phi) is 4.64. The van der Waals surface area contributed by atoms with Crippen LogP contribution in [0.2, 0.25) is 0 Å². The first-order valence-corrected chi connectivity index (χ1v) is 8.78. The van der Waals surface area contributed by atoms with Gasteiger partial charge in [-0.1, -0.05) is 17.7 Å². The third-order valence-corrected chi connectivity index (χ3v) is 5.28. The van der Waals surface area contributed by atoms with Crippen LogP contribution in [0.1, 0.15) is 32.8 Å². The number of esters is 1. The van der Waals surface area contributed by atoms with Gasteiger partial charge in [0.1, 0.15) is 17.4 Å². The van der Waals surface area contributed by atoms with Crippen LogP contribution in [0.5, 0.6) is 0 Å². The Hall–Kier alpha value is -1.73. The number of carbonyl (C=O) groups excluding carboxylic acids is 2. The Labute approximate surface area is 136 Å². The van der Waals surface area contributed by atoms with Gasteiger partial charge in [0.2, 0.25) is 10.0 Å². The van der Waals surface area contributed by atoms with Crippen molar-refractivity contribution in [2.75, 3.05) is 6.54 Å². The average Bonchev–Trinajstić information content (AvgIpc) is 2.80. The maximum absolute atomic E-state index is 12.7. The van der Waals surface area contributed by atoms with Gasteiger partial charge < -0.3 is 4.74 Å². The minimum Gasteiger partial charge on any atom is -0.459 e. The first-order valence-electron chi connectivity index (χ1n) is 7.34. The summed E-state index contributed by atoms with van der Waals surface area (Å²) in [5.41, 5.74) is 0.173. The van der Waals surface area contributed by atoms with Crippen molar-refractivity contribution >= 4 is 21.8 Å². The predicted molar refractivity (Wildman–Crippen MR) is 84.3 cm³/mol. The molecule has 0 amide bonds. The van der Waals surface area contributed by atoms with Crippen LogP contribution in [0.3, 0.4) is 0 Å². The van der Waals surface area contributed by atoms with Crippen LogP contribution in [-0.2, 0) is 24.3 Å². The molecular formula is C16H21NO5S. The van der Waals surface area contributed by atoms with E-state index >= 15 is 0 Å². The van der Waals surface area contributed by atoms with E-state index in [2.05, 4.69) is 0 Å². The van der Waals surface area contributed by atoms with E-state index in [1.54, 1.807) is 32.9 Å². The van der Waals surface area contributed by atoms with Crippen LogP contribution < -0.4 is 0 Å². The van der Waals surface area contributed by atoms with Crippen molar-refractivity contribution in [2.24, 2.45) is 0 Å². The van der Waals surface area contributed by atoms with E-state index in [9.17, 15) is 18.0 Å². The second-order valence-corrected chi connectivity index (χ2v) is 8.55. The zero-order valence-corrected chi connectivity index (χ0v) is 14.5. The van der Waals surface area contributed by atoms with Crippen molar-refractivity contribution in [3.63, 3.8) is 0 Å². The number of ether oxygens (including phenoxy) is 1. The van der Waals surface area contributed by atoms with Gasteiger partial charge in [0.15, 0.2) is 0 Å². The number of carbonyl (C=O) groups is 2. The van der Waals surface area contributed by atoms with Crippen molar-refractivity contribution in [3.05, 3.63) is 29.8 Å². The molecule has 1 saturated heterocycles. The molecule has 0 spiro atoms. The zero-order chi connectivity index (χ0) is 17.4. The van der Waals surface area contributed by atoms with Crippen molar-refractivity contribution in [3.8, 4) is 0 Å². The van der Waals surface area contributed by atoms with Gasteiger partial charge >= 0.3 is 5.97 Å². The highest BCUT2D eigenvalue weighted by Gasteiger charge is 2.45. The molecular weight excluding hydrogens is 318 g/mol. The number of aryl methyl sites for hydroxylation is 1. The molecule has 1 heterocycles. The first kappa shape index (κ1) is 17.6. The monoisotopic (exact) mass is 339 g/mol. The van der Waals surface area contributed by atoms with Gasteiger partial charge in [-0.15, -0.1) is 0 Å². The smallest absolute Gasteiger partial charge is 0.325 e. The van der Waals surface area contributed by atoms with Gasteiger partial charge in [-0.3, -0.25) is 9.59 Å². The molecule has 7 heteroatoms. The highest BCUT2D eigenvalue weighted by atomic mass is 32.2. The van der Waals surface area contributed by atoms with Gasteiger partial charge in [0.05, 0.1) is 11.4 Å². The summed E-state index contributed by atoms with van der Waals surface area (Å²) in [5, 5.41) is 0. The maximum Gasteiger partial charge on any atom is 0.325 e. The summed E-state index contributed by atoms with van der Waals surface area (Å²) in [5.74, 6) is -0.990. The standard InChI is InChI=1S/C16H21NO5S/c1-11-5-7-13(8-6-11)23(20,21)17-10-12(18)9-14(17)15(19)22-16(2,3)4/h5-8,14H,9-10H2,1-4H3/t14-/m0/s1. The molecule has 0 radical (unpaired) electrons. The number of nitrogens with zero attached hydrogens (tertiary/aromatic N) is 1. The number of benzene rings is 1. The summed E-state index contributed by atoms with van der Waals surface area (Å²) < 4.78 is 31.7. The number of ketones is 1. The summed E-state index contributed by atoms with van der Waals surface area (Å²) in [4.78, 5) is 24.1. The molecule has 0 bridgehead atoms. The molecule has 0 aromatic heterocycles. The molecule has 23 heavy (non-hydrogen) atoms. The Morgan fingerprint density at radius 1 is 1.22 bits per heavy atom.